The Morgan fingerprint density at radius 2 is 1.90 bits per heavy atom. The number of benzene rings is 1. The fourth-order valence-corrected chi connectivity index (χ4v) is 5.02. The lowest BCUT2D eigenvalue weighted by atomic mass is 9.64. The molecule has 0 N–H and O–H groups in total. The Morgan fingerprint density at radius 3 is 2.50 bits per heavy atom. The lowest BCUT2D eigenvalue weighted by Crippen LogP contribution is -2.35. The second kappa shape index (κ2) is 4.71. The zero-order valence-electron chi connectivity index (χ0n) is 12.0. The average molecular weight is 291 g/mol. The molecule has 1 aromatic carbocycles. The highest BCUT2D eigenvalue weighted by Gasteiger charge is 2.50. The van der Waals surface area contributed by atoms with E-state index >= 15 is 0 Å². The number of allylic oxidation sites excluding steroid dienone is 1. The van der Waals surface area contributed by atoms with Crippen LogP contribution >= 0.6 is 0 Å². The van der Waals surface area contributed by atoms with E-state index in [1.54, 1.807) is 16.4 Å². The predicted molar refractivity (Wildman–Crippen MR) is 79.8 cm³/mol. The number of hydrogen-bond donors (Lipinski definition) is 0. The van der Waals surface area contributed by atoms with Gasteiger partial charge in [0, 0.05) is 13.1 Å². The van der Waals surface area contributed by atoms with Crippen molar-refractivity contribution in [2.45, 2.75) is 25.2 Å². The zero-order chi connectivity index (χ0) is 14.5. The number of rotatable bonds is 3. The summed E-state index contributed by atoms with van der Waals surface area (Å²) in [7, 11) is -3.33. The van der Waals surface area contributed by atoms with Crippen molar-refractivity contribution < 1.29 is 8.42 Å². The van der Waals surface area contributed by atoms with Crippen LogP contribution in [0.4, 0.5) is 0 Å². The normalized spacial score (nSPS) is 29.8. The third-order valence-corrected chi connectivity index (χ3v) is 6.67. The van der Waals surface area contributed by atoms with Gasteiger partial charge in [-0.3, -0.25) is 0 Å². The molecule has 0 bridgehead atoms. The number of sulfonamides is 1. The van der Waals surface area contributed by atoms with E-state index in [1.165, 1.54) is 5.57 Å². The fraction of sp³-hybridized carbons (Fsp3) is 0.500. The molecular weight excluding hydrogens is 270 g/mol. The minimum absolute atomic E-state index is 0.413. The van der Waals surface area contributed by atoms with Crippen molar-refractivity contribution >= 4 is 10.0 Å². The van der Waals surface area contributed by atoms with Crippen LogP contribution in [-0.2, 0) is 10.0 Å². The molecular formula is C16H21NO2S. The van der Waals surface area contributed by atoms with Crippen LogP contribution in [-0.4, -0.2) is 25.8 Å². The quantitative estimate of drug-likeness (QED) is 0.803. The Balaban J connectivity index is 1.80. The molecule has 0 unspecified atom stereocenters. The molecule has 1 aromatic rings. The summed E-state index contributed by atoms with van der Waals surface area (Å²) in [4.78, 5) is 0.413. The summed E-state index contributed by atoms with van der Waals surface area (Å²) in [6.45, 7) is 9.36. The molecule has 0 spiro atoms. The third-order valence-electron chi connectivity index (χ3n) is 4.82. The van der Waals surface area contributed by atoms with Gasteiger partial charge >= 0.3 is 0 Å². The highest BCUT2D eigenvalue weighted by atomic mass is 32.2. The van der Waals surface area contributed by atoms with Crippen molar-refractivity contribution in [3.8, 4) is 0 Å². The number of hydrogen-bond acceptors (Lipinski definition) is 2. The van der Waals surface area contributed by atoms with Crippen LogP contribution in [0.15, 0.2) is 41.3 Å². The molecule has 1 heterocycles. The van der Waals surface area contributed by atoms with Crippen LogP contribution in [0.1, 0.15) is 18.9 Å². The van der Waals surface area contributed by atoms with Crippen LogP contribution in [0.3, 0.4) is 0 Å². The molecule has 1 aliphatic carbocycles. The maximum Gasteiger partial charge on any atom is 0.243 e. The van der Waals surface area contributed by atoms with Gasteiger partial charge in [-0.15, -0.1) is 0 Å². The molecule has 3 rings (SSSR count). The second-order valence-corrected chi connectivity index (χ2v) is 8.19. The van der Waals surface area contributed by atoms with Gasteiger partial charge in [-0.2, -0.15) is 4.31 Å². The molecule has 1 saturated carbocycles. The van der Waals surface area contributed by atoms with Gasteiger partial charge < -0.3 is 0 Å². The van der Waals surface area contributed by atoms with Gasteiger partial charge in [-0.25, -0.2) is 8.42 Å². The van der Waals surface area contributed by atoms with Crippen LogP contribution in [0.2, 0.25) is 0 Å². The fourth-order valence-electron chi connectivity index (χ4n) is 3.49. The van der Waals surface area contributed by atoms with E-state index in [0.717, 1.165) is 12.0 Å². The van der Waals surface area contributed by atoms with Crippen LogP contribution in [0.25, 0.3) is 0 Å². The van der Waals surface area contributed by atoms with Crippen molar-refractivity contribution in [2.75, 3.05) is 13.1 Å². The van der Waals surface area contributed by atoms with Crippen LogP contribution in [0.5, 0.6) is 0 Å². The van der Waals surface area contributed by atoms with E-state index in [1.807, 2.05) is 19.1 Å². The Kier molecular flexibility index (Phi) is 3.26. The predicted octanol–water partition coefficient (Wildman–Crippen LogP) is 2.83. The molecule has 108 valence electrons. The highest BCUT2D eigenvalue weighted by molar-refractivity contribution is 7.89. The number of fused-ring (bicyclic) bond motifs is 1. The minimum Gasteiger partial charge on any atom is -0.207 e. The van der Waals surface area contributed by atoms with E-state index in [4.69, 9.17) is 0 Å². The largest absolute Gasteiger partial charge is 0.243 e. The van der Waals surface area contributed by atoms with Gasteiger partial charge in [0.25, 0.3) is 0 Å². The first-order valence-electron chi connectivity index (χ1n) is 7.12. The third kappa shape index (κ3) is 2.11. The van der Waals surface area contributed by atoms with E-state index in [2.05, 4.69) is 13.5 Å². The van der Waals surface area contributed by atoms with Gasteiger partial charge in [-0.1, -0.05) is 29.8 Å². The second-order valence-electron chi connectivity index (χ2n) is 6.25. The molecule has 2 aliphatic rings. The smallest absolute Gasteiger partial charge is 0.207 e. The van der Waals surface area contributed by atoms with E-state index in [9.17, 15) is 8.42 Å². The Labute approximate surface area is 121 Å². The summed E-state index contributed by atoms with van der Waals surface area (Å²) in [6, 6.07) is 7.13. The molecule has 20 heavy (non-hydrogen) atoms. The van der Waals surface area contributed by atoms with Crippen molar-refractivity contribution in [3.63, 3.8) is 0 Å². The van der Waals surface area contributed by atoms with E-state index < -0.39 is 10.0 Å². The Morgan fingerprint density at radius 1 is 1.25 bits per heavy atom. The van der Waals surface area contributed by atoms with Crippen molar-refractivity contribution in [3.05, 3.63) is 42.0 Å². The number of nitrogens with zero attached hydrogens (tertiary/aromatic N) is 1. The van der Waals surface area contributed by atoms with Gasteiger partial charge in [0.2, 0.25) is 10.0 Å². The molecule has 0 aromatic heterocycles. The van der Waals surface area contributed by atoms with Crippen molar-refractivity contribution in [2.24, 2.45) is 17.8 Å². The molecule has 1 saturated heterocycles. The first-order valence-corrected chi connectivity index (χ1v) is 8.56. The summed E-state index contributed by atoms with van der Waals surface area (Å²) in [5, 5.41) is 0. The van der Waals surface area contributed by atoms with Gasteiger partial charge in [0.1, 0.15) is 0 Å². The van der Waals surface area contributed by atoms with Gasteiger partial charge in [0.15, 0.2) is 0 Å². The summed E-state index contributed by atoms with van der Waals surface area (Å²) in [5.74, 6) is 1.52. The molecule has 3 atom stereocenters. The molecule has 0 radical (unpaired) electrons. The zero-order valence-corrected chi connectivity index (χ0v) is 12.9. The summed E-state index contributed by atoms with van der Waals surface area (Å²) < 4.78 is 27.0. The topological polar surface area (TPSA) is 37.4 Å². The summed E-state index contributed by atoms with van der Waals surface area (Å²) >= 11 is 0. The maximum atomic E-state index is 12.6. The highest BCUT2D eigenvalue weighted by Crippen LogP contribution is 2.49. The first kappa shape index (κ1) is 13.8. The molecule has 0 amide bonds. The van der Waals surface area contributed by atoms with E-state index in [0.29, 0.717) is 35.7 Å². The van der Waals surface area contributed by atoms with Crippen LogP contribution in [0, 0.1) is 24.7 Å². The lowest BCUT2D eigenvalue weighted by Gasteiger charge is -2.40. The first-order chi connectivity index (χ1) is 9.39. The molecule has 3 nitrogen and oxygen atoms in total. The maximum absolute atomic E-state index is 12.6. The molecule has 2 fully saturated rings. The molecule has 4 heteroatoms. The van der Waals surface area contributed by atoms with Gasteiger partial charge in [-0.05, 0) is 50.2 Å². The SMILES string of the molecule is C=C(C)[C@H]1C[C@@H]2CN(S(=O)(=O)c3ccc(C)cc3)C[C@@H]21. The standard InChI is InChI=1S/C16H21NO2S/c1-11(2)15-8-13-9-17(10-16(13)15)20(18,19)14-6-4-12(3)5-7-14/h4-7,13,15-16H,1,8-10H2,2-3H3/t13-,15-,16+/m1/s1. The minimum atomic E-state index is -3.33. The van der Waals surface area contributed by atoms with Crippen LogP contribution < -0.4 is 0 Å². The van der Waals surface area contributed by atoms with Gasteiger partial charge in [0.05, 0.1) is 4.90 Å². The van der Waals surface area contributed by atoms with Crippen molar-refractivity contribution in [1.82, 2.24) is 4.31 Å². The average Bonchev–Trinajstić information content (AvgIpc) is 2.68. The number of aryl methyl sites for hydroxylation is 1. The van der Waals surface area contributed by atoms with E-state index in [-0.39, 0.29) is 0 Å². The summed E-state index contributed by atoms with van der Waals surface area (Å²) in [5.41, 5.74) is 2.27. The Bertz CT molecular complexity index is 633. The molecule has 1 aliphatic heterocycles. The lowest BCUT2D eigenvalue weighted by molar-refractivity contribution is 0.155. The monoisotopic (exact) mass is 291 g/mol. The van der Waals surface area contributed by atoms with Crippen molar-refractivity contribution in [1.29, 1.82) is 0 Å². The summed E-state index contributed by atoms with van der Waals surface area (Å²) in [6.07, 6.45) is 1.10. The Hall–Kier alpha value is -1.13.